The van der Waals surface area contributed by atoms with Gasteiger partial charge >= 0.3 is 0 Å². The van der Waals surface area contributed by atoms with Crippen molar-refractivity contribution >= 4 is 18.2 Å². The highest BCUT2D eigenvalue weighted by atomic mass is 16.5. The summed E-state index contributed by atoms with van der Waals surface area (Å²) in [6.45, 7) is 2.66. The van der Waals surface area contributed by atoms with E-state index >= 15 is 0 Å². The molecule has 2 atom stereocenters. The number of hydrogen-bond donors (Lipinski definition) is 2. The van der Waals surface area contributed by atoms with Gasteiger partial charge < -0.3 is 10.2 Å². The van der Waals surface area contributed by atoms with Crippen LogP contribution in [0.4, 0.5) is 0 Å². The van der Waals surface area contributed by atoms with Crippen molar-refractivity contribution < 1.29 is 19.6 Å². The lowest BCUT2D eigenvalue weighted by Crippen LogP contribution is -2.49. The molecule has 0 bridgehead atoms. The van der Waals surface area contributed by atoms with Crippen molar-refractivity contribution in [1.82, 2.24) is 15.3 Å². The van der Waals surface area contributed by atoms with Crippen LogP contribution in [0.25, 0.3) is 0 Å². The zero-order chi connectivity index (χ0) is 18.0. The number of rotatable bonds is 9. The number of amides is 3. The Bertz CT molecular complexity index is 530. The lowest BCUT2D eigenvalue weighted by molar-refractivity contribution is -0.158. The fraction of sp³-hybridized carbons (Fsp3) is 0.833. The van der Waals surface area contributed by atoms with E-state index in [1.807, 2.05) is 6.92 Å². The van der Waals surface area contributed by atoms with Gasteiger partial charge in [0.25, 0.3) is 0 Å². The van der Waals surface area contributed by atoms with Gasteiger partial charge in [-0.25, -0.2) is 5.06 Å². The molecule has 0 radical (unpaired) electrons. The average Bonchev–Trinajstić information content (AvgIpc) is 3.50. The van der Waals surface area contributed by atoms with Crippen molar-refractivity contribution in [3.05, 3.63) is 0 Å². The van der Waals surface area contributed by atoms with Crippen molar-refractivity contribution in [3.63, 3.8) is 0 Å². The molecule has 3 rings (SSSR count). The second-order valence-electron chi connectivity index (χ2n) is 8.04. The number of hydroxylamine groups is 2. The third-order valence-corrected chi connectivity index (χ3v) is 5.76. The van der Waals surface area contributed by atoms with Gasteiger partial charge in [-0.2, -0.15) is 0 Å². The molecule has 7 heteroatoms. The van der Waals surface area contributed by atoms with Crippen molar-refractivity contribution in [2.75, 3.05) is 13.1 Å². The van der Waals surface area contributed by atoms with Crippen LogP contribution in [0, 0.1) is 11.3 Å². The Morgan fingerprint density at radius 1 is 1.40 bits per heavy atom. The molecule has 7 nitrogen and oxygen atoms in total. The van der Waals surface area contributed by atoms with Crippen LogP contribution < -0.4 is 5.32 Å². The fourth-order valence-electron chi connectivity index (χ4n) is 3.83. The summed E-state index contributed by atoms with van der Waals surface area (Å²) < 4.78 is 0. The molecule has 1 heterocycles. The van der Waals surface area contributed by atoms with Crippen LogP contribution in [0.3, 0.4) is 0 Å². The molecule has 3 fully saturated rings. The van der Waals surface area contributed by atoms with Crippen LogP contribution in [0.1, 0.15) is 58.3 Å². The van der Waals surface area contributed by atoms with Crippen LogP contribution >= 0.6 is 0 Å². The molecule has 2 N–H and O–H groups in total. The minimum atomic E-state index is -0.458. The Kier molecular flexibility index (Phi) is 5.32. The molecule has 1 aliphatic heterocycles. The summed E-state index contributed by atoms with van der Waals surface area (Å²) in [6.07, 6.45) is 7.66. The van der Waals surface area contributed by atoms with Gasteiger partial charge in [0.1, 0.15) is 6.04 Å². The van der Waals surface area contributed by atoms with E-state index in [0.717, 1.165) is 44.9 Å². The van der Waals surface area contributed by atoms with Crippen molar-refractivity contribution in [2.45, 2.75) is 70.4 Å². The highest BCUT2D eigenvalue weighted by molar-refractivity contribution is 5.90. The minimum Gasteiger partial charge on any atom is -0.352 e. The predicted molar refractivity (Wildman–Crippen MR) is 90.5 cm³/mol. The normalized spacial score (nSPS) is 24.9. The van der Waals surface area contributed by atoms with Crippen LogP contribution in [0.5, 0.6) is 0 Å². The summed E-state index contributed by atoms with van der Waals surface area (Å²) >= 11 is 0. The topological polar surface area (TPSA) is 90.0 Å². The Balaban J connectivity index is 1.70. The maximum absolute atomic E-state index is 13.1. The lowest BCUT2D eigenvalue weighted by Gasteiger charge is -2.29. The second kappa shape index (κ2) is 7.32. The Morgan fingerprint density at radius 2 is 2.12 bits per heavy atom. The van der Waals surface area contributed by atoms with Gasteiger partial charge in [0.05, 0.1) is 12.5 Å². The second-order valence-corrected chi connectivity index (χ2v) is 8.04. The number of nitrogens with one attached hydrogen (secondary N) is 1. The summed E-state index contributed by atoms with van der Waals surface area (Å²) in [5.41, 5.74) is 0.125. The SMILES string of the molecule is CCCCC(CN(O)C=O)C(=O)N1CC2(CC2)C[C@H]1C(=O)NC1CC1. The number of likely N-dealkylation sites (tertiary alicyclic amines) is 1. The minimum absolute atomic E-state index is 0.0111. The summed E-state index contributed by atoms with van der Waals surface area (Å²) in [5, 5.41) is 13.1. The Labute approximate surface area is 148 Å². The first-order valence-corrected chi connectivity index (χ1v) is 9.49. The van der Waals surface area contributed by atoms with Gasteiger partial charge in [0, 0.05) is 12.6 Å². The highest BCUT2D eigenvalue weighted by Gasteiger charge is 2.56. The van der Waals surface area contributed by atoms with Gasteiger partial charge in [0.15, 0.2) is 0 Å². The van der Waals surface area contributed by atoms with Crippen molar-refractivity contribution in [1.29, 1.82) is 0 Å². The molecular formula is C18H29N3O4. The van der Waals surface area contributed by atoms with Crippen molar-refractivity contribution in [2.24, 2.45) is 11.3 Å². The monoisotopic (exact) mass is 351 g/mol. The van der Waals surface area contributed by atoms with E-state index in [1.165, 1.54) is 0 Å². The summed E-state index contributed by atoms with van der Waals surface area (Å²) in [7, 11) is 0. The van der Waals surface area contributed by atoms with E-state index in [9.17, 15) is 19.6 Å². The zero-order valence-corrected chi connectivity index (χ0v) is 14.9. The molecule has 3 aliphatic rings. The van der Waals surface area contributed by atoms with E-state index in [0.29, 0.717) is 24.4 Å². The third kappa shape index (κ3) is 4.32. The Morgan fingerprint density at radius 3 is 2.68 bits per heavy atom. The summed E-state index contributed by atoms with van der Waals surface area (Å²) in [5.74, 6) is -0.598. The molecule has 0 aromatic rings. The molecule has 140 valence electrons. The highest BCUT2D eigenvalue weighted by Crippen LogP contribution is 2.55. The first-order chi connectivity index (χ1) is 12.0. The largest absolute Gasteiger partial charge is 0.352 e. The predicted octanol–water partition coefficient (Wildman–Crippen LogP) is 1.30. The third-order valence-electron chi connectivity index (χ3n) is 5.76. The van der Waals surface area contributed by atoms with Crippen LogP contribution in [0.2, 0.25) is 0 Å². The number of hydrogen-bond acceptors (Lipinski definition) is 4. The zero-order valence-electron chi connectivity index (χ0n) is 14.9. The van der Waals surface area contributed by atoms with Crippen LogP contribution in [-0.4, -0.2) is 58.6 Å². The molecule has 0 aromatic carbocycles. The van der Waals surface area contributed by atoms with Gasteiger partial charge in [-0.15, -0.1) is 0 Å². The number of carbonyl (C=O) groups excluding carboxylic acids is 3. The smallest absolute Gasteiger partial charge is 0.243 e. The quantitative estimate of drug-likeness (QED) is 0.372. The molecular weight excluding hydrogens is 322 g/mol. The van der Waals surface area contributed by atoms with E-state index in [-0.39, 0.29) is 29.8 Å². The molecule has 3 amide bonds. The molecule has 2 saturated carbocycles. The van der Waals surface area contributed by atoms with E-state index in [4.69, 9.17) is 0 Å². The fourth-order valence-corrected chi connectivity index (χ4v) is 3.83. The van der Waals surface area contributed by atoms with E-state index < -0.39 is 12.0 Å². The van der Waals surface area contributed by atoms with Crippen LogP contribution in [0.15, 0.2) is 0 Å². The maximum Gasteiger partial charge on any atom is 0.243 e. The van der Waals surface area contributed by atoms with Crippen molar-refractivity contribution in [3.8, 4) is 0 Å². The first kappa shape index (κ1) is 18.2. The number of carbonyl (C=O) groups is 3. The van der Waals surface area contributed by atoms with E-state index in [2.05, 4.69) is 5.32 Å². The maximum atomic E-state index is 13.1. The molecule has 2 aliphatic carbocycles. The standard InChI is InChI=1S/C18H29N3O4/c1-2-3-4-13(10-20(25)12-22)17(24)21-11-18(7-8-18)9-15(21)16(23)19-14-5-6-14/h12-15,25H,2-11H2,1H3,(H,19,23)/t13?,15-/m0/s1. The average molecular weight is 351 g/mol. The molecule has 25 heavy (non-hydrogen) atoms. The number of unbranched alkanes of at least 4 members (excludes halogenated alkanes) is 1. The first-order valence-electron chi connectivity index (χ1n) is 9.49. The molecule has 1 unspecified atom stereocenters. The molecule has 1 saturated heterocycles. The molecule has 1 spiro atoms. The van der Waals surface area contributed by atoms with Gasteiger partial charge in [-0.3, -0.25) is 19.6 Å². The lowest BCUT2D eigenvalue weighted by atomic mass is 9.99. The van der Waals surface area contributed by atoms with Gasteiger partial charge in [0.2, 0.25) is 18.2 Å². The van der Waals surface area contributed by atoms with Gasteiger partial charge in [-0.1, -0.05) is 19.8 Å². The summed E-state index contributed by atoms with van der Waals surface area (Å²) in [6, 6.07) is -0.123. The van der Waals surface area contributed by atoms with E-state index in [1.54, 1.807) is 4.90 Å². The number of nitrogens with zero attached hydrogens (tertiary/aromatic N) is 2. The summed E-state index contributed by atoms with van der Waals surface area (Å²) in [4.78, 5) is 38.2. The van der Waals surface area contributed by atoms with Crippen LogP contribution in [-0.2, 0) is 14.4 Å². The van der Waals surface area contributed by atoms with Gasteiger partial charge in [-0.05, 0) is 43.9 Å². The molecule has 0 aromatic heterocycles. The Hall–Kier alpha value is -1.63.